The zero-order valence-electron chi connectivity index (χ0n) is 7.05. The summed E-state index contributed by atoms with van der Waals surface area (Å²) in [6.07, 6.45) is 5.13. The minimum atomic E-state index is 0.408. The molecular formula is C7H8ClN5. The van der Waals surface area contributed by atoms with Crippen molar-refractivity contribution in [2.75, 3.05) is 0 Å². The average molecular weight is 198 g/mol. The molecule has 0 N–H and O–H groups in total. The van der Waals surface area contributed by atoms with Gasteiger partial charge in [0, 0.05) is 13.2 Å². The second-order valence-corrected chi connectivity index (χ2v) is 2.92. The maximum atomic E-state index is 5.62. The number of aryl methyl sites for hydroxylation is 1. The van der Waals surface area contributed by atoms with E-state index in [9.17, 15) is 0 Å². The molecule has 0 amide bonds. The minimum Gasteiger partial charge on any atom is -0.302 e. The zero-order valence-corrected chi connectivity index (χ0v) is 7.81. The molecule has 5 nitrogen and oxygen atoms in total. The van der Waals surface area contributed by atoms with Gasteiger partial charge in [-0.05, 0) is 0 Å². The number of hydrogen-bond acceptors (Lipinski definition) is 3. The maximum Gasteiger partial charge on any atom is 0.236 e. The fourth-order valence-electron chi connectivity index (χ4n) is 1.05. The van der Waals surface area contributed by atoms with Crippen LogP contribution >= 0.6 is 11.6 Å². The van der Waals surface area contributed by atoms with Gasteiger partial charge >= 0.3 is 0 Å². The van der Waals surface area contributed by atoms with E-state index in [1.54, 1.807) is 21.8 Å². The molecule has 0 aliphatic heterocycles. The molecule has 2 rings (SSSR count). The van der Waals surface area contributed by atoms with E-state index in [0.717, 1.165) is 11.6 Å². The highest BCUT2D eigenvalue weighted by Gasteiger charge is 2.04. The molecule has 0 radical (unpaired) electrons. The van der Waals surface area contributed by atoms with Crippen LogP contribution in [0.3, 0.4) is 0 Å². The van der Waals surface area contributed by atoms with Crippen LogP contribution in [0.15, 0.2) is 18.9 Å². The van der Waals surface area contributed by atoms with Crippen molar-refractivity contribution in [3.05, 3.63) is 24.5 Å². The fourth-order valence-corrected chi connectivity index (χ4v) is 1.19. The highest BCUT2D eigenvalue weighted by atomic mass is 35.5. The van der Waals surface area contributed by atoms with Crippen molar-refractivity contribution in [2.45, 2.75) is 5.88 Å². The molecule has 0 aromatic carbocycles. The fraction of sp³-hybridized carbons (Fsp3) is 0.286. The van der Waals surface area contributed by atoms with Crippen LogP contribution in [-0.4, -0.2) is 24.3 Å². The van der Waals surface area contributed by atoms with Crippen LogP contribution in [0.4, 0.5) is 0 Å². The van der Waals surface area contributed by atoms with Gasteiger partial charge in [0.1, 0.15) is 12.7 Å². The lowest BCUT2D eigenvalue weighted by Crippen LogP contribution is -1.99. The third kappa shape index (κ3) is 1.42. The van der Waals surface area contributed by atoms with E-state index < -0.39 is 0 Å². The molecule has 2 aromatic rings. The molecule has 0 bridgehead atoms. The molecule has 13 heavy (non-hydrogen) atoms. The smallest absolute Gasteiger partial charge is 0.236 e. The first-order chi connectivity index (χ1) is 6.31. The molecule has 2 aromatic heterocycles. The number of rotatable bonds is 2. The Labute approximate surface area is 80.0 Å². The largest absolute Gasteiger partial charge is 0.302 e. The lowest BCUT2D eigenvalue weighted by atomic mass is 10.6. The first-order valence-electron chi connectivity index (χ1n) is 3.74. The average Bonchev–Trinajstić information content (AvgIpc) is 2.71. The number of imidazole rings is 1. The van der Waals surface area contributed by atoms with Crippen molar-refractivity contribution < 1.29 is 0 Å². The summed E-state index contributed by atoms with van der Waals surface area (Å²) < 4.78 is 3.59. The van der Waals surface area contributed by atoms with Gasteiger partial charge in [0.2, 0.25) is 5.95 Å². The summed E-state index contributed by atoms with van der Waals surface area (Å²) in [6.45, 7) is 0. The van der Waals surface area contributed by atoms with Gasteiger partial charge in [0.15, 0.2) is 0 Å². The Hall–Kier alpha value is -1.36. The van der Waals surface area contributed by atoms with Crippen LogP contribution in [-0.2, 0) is 12.9 Å². The number of nitrogens with zero attached hydrogens (tertiary/aromatic N) is 5. The molecule has 0 fully saturated rings. The summed E-state index contributed by atoms with van der Waals surface area (Å²) >= 11 is 5.62. The molecule has 2 heterocycles. The van der Waals surface area contributed by atoms with E-state index in [-0.39, 0.29) is 0 Å². The Morgan fingerprint density at radius 1 is 1.46 bits per heavy atom. The molecule has 0 atom stereocenters. The van der Waals surface area contributed by atoms with Crippen molar-refractivity contribution >= 4 is 11.6 Å². The molecule has 0 saturated carbocycles. The van der Waals surface area contributed by atoms with Gasteiger partial charge in [0.25, 0.3) is 0 Å². The summed E-state index contributed by atoms with van der Waals surface area (Å²) in [6, 6.07) is 0. The minimum absolute atomic E-state index is 0.408. The SMILES string of the molecule is Cn1cnnc1-n1cnc(CCl)c1. The normalized spacial score (nSPS) is 10.6. The first kappa shape index (κ1) is 8.25. The molecule has 0 spiro atoms. The number of alkyl halides is 1. The maximum absolute atomic E-state index is 5.62. The van der Waals surface area contributed by atoms with Crippen molar-refractivity contribution in [1.29, 1.82) is 0 Å². The highest BCUT2D eigenvalue weighted by molar-refractivity contribution is 6.16. The molecule has 0 aliphatic carbocycles. The van der Waals surface area contributed by atoms with Gasteiger partial charge in [-0.1, -0.05) is 0 Å². The van der Waals surface area contributed by atoms with Crippen LogP contribution in [0.5, 0.6) is 0 Å². The van der Waals surface area contributed by atoms with E-state index in [1.807, 2.05) is 13.2 Å². The number of hydrogen-bond donors (Lipinski definition) is 0. The molecule has 6 heteroatoms. The zero-order chi connectivity index (χ0) is 9.26. The summed E-state index contributed by atoms with van der Waals surface area (Å²) in [7, 11) is 1.87. The van der Waals surface area contributed by atoms with E-state index in [1.165, 1.54) is 0 Å². The molecule has 0 unspecified atom stereocenters. The molecule has 0 saturated heterocycles. The van der Waals surface area contributed by atoms with E-state index >= 15 is 0 Å². The summed E-state index contributed by atoms with van der Waals surface area (Å²) in [5, 5.41) is 7.69. The third-order valence-corrected chi connectivity index (χ3v) is 1.97. The Balaban J connectivity index is 2.41. The predicted octanol–water partition coefficient (Wildman–Crippen LogP) is 0.740. The second kappa shape index (κ2) is 3.18. The van der Waals surface area contributed by atoms with Gasteiger partial charge in [0.05, 0.1) is 11.6 Å². The predicted molar refractivity (Wildman–Crippen MR) is 47.7 cm³/mol. The lowest BCUT2D eigenvalue weighted by molar-refractivity contribution is 0.817. The molecular weight excluding hydrogens is 190 g/mol. The second-order valence-electron chi connectivity index (χ2n) is 2.65. The number of aromatic nitrogens is 5. The summed E-state index contributed by atoms with van der Waals surface area (Å²) in [5.41, 5.74) is 0.824. The van der Waals surface area contributed by atoms with E-state index in [0.29, 0.717) is 5.88 Å². The first-order valence-corrected chi connectivity index (χ1v) is 4.28. The van der Waals surface area contributed by atoms with Gasteiger partial charge < -0.3 is 4.57 Å². The van der Waals surface area contributed by atoms with Crippen molar-refractivity contribution in [2.24, 2.45) is 7.05 Å². The topological polar surface area (TPSA) is 48.5 Å². The number of halogens is 1. The lowest BCUT2D eigenvalue weighted by Gasteiger charge is -1.97. The Morgan fingerprint density at radius 2 is 2.31 bits per heavy atom. The highest BCUT2D eigenvalue weighted by Crippen LogP contribution is 2.05. The van der Waals surface area contributed by atoms with E-state index in [2.05, 4.69) is 15.2 Å². The standard InChI is InChI=1S/C7H8ClN5/c1-12-5-10-11-7(12)13-3-6(2-8)9-4-13/h3-5H,2H2,1H3. The summed E-state index contributed by atoms with van der Waals surface area (Å²) in [4.78, 5) is 4.08. The van der Waals surface area contributed by atoms with Crippen molar-refractivity contribution in [1.82, 2.24) is 24.3 Å². The third-order valence-electron chi connectivity index (χ3n) is 1.69. The Morgan fingerprint density at radius 3 is 2.85 bits per heavy atom. The van der Waals surface area contributed by atoms with Gasteiger partial charge in [-0.3, -0.25) is 4.57 Å². The van der Waals surface area contributed by atoms with Crippen LogP contribution in [0, 0.1) is 0 Å². The van der Waals surface area contributed by atoms with Crippen molar-refractivity contribution in [3.8, 4) is 5.95 Å². The Kier molecular flexibility index (Phi) is 2.02. The monoisotopic (exact) mass is 197 g/mol. The van der Waals surface area contributed by atoms with Crippen LogP contribution in [0.2, 0.25) is 0 Å². The van der Waals surface area contributed by atoms with Gasteiger partial charge in [-0.25, -0.2) is 4.98 Å². The van der Waals surface area contributed by atoms with E-state index in [4.69, 9.17) is 11.6 Å². The summed E-state index contributed by atoms with van der Waals surface area (Å²) in [5.74, 6) is 1.13. The molecule has 0 aliphatic rings. The van der Waals surface area contributed by atoms with Crippen LogP contribution in [0.25, 0.3) is 5.95 Å². The van der Waals surface area contributed by atoms with Crippen molar-refractivity contribution in [3.63, 3.8) is 0 Å². The van der Waals surface area contributed by atoms with Gasteiger partial charge in [-0.15, -0.1) is 21.8 Å². The van der Waals surface area contributed by atoms with Gasteiger partial charge in [-0.2, -0.15) is 0 Å². The van der Waals surface area contributed by atoms with Crippen LogP contribution < -0.4 is 0 Å². The quantitative estimate of drug-likeness (QED) is 0.668. The van der Waals surface area contributed by atoms with Crippen LogP contribution in [0.1, 0.15) is 5.69 Å². The Bertz CT molecular complexity index is 404. The molecule has 68 valence electrons.